The highest BCUT2D eigenvalue weighted by atomic mass is 16.6. The van der Waals surface area contributed by atoms with E-state index in [0.29, 0.717) is 0 Å². The summed E-state index contributed by atoms with van der Waals surface area (Å²) in [6, 6.07) is 9.15. The Hall–Kier alpha value is -2.08. The fourth-order valence-electron chi connectivity index (χ4n) is 2.69. The quantitative estimate of drug-likeness (QED) is 0.881. The van der Waals surface area contributed by atoms with E-state index in [-0.39, 0.29) is 26.0 Å². The molecule has 2 N–H and O–H groups in total. The Balaban J connectivity index is 2.08. The molecule has 0 saturated carbocycles. The first-order valence-corrected chi connectivity index (χ1v) is 6.89. The minimum atomic E-state index is -1.38. The maximum atomic E-state index is 12.2. The van der Waals surface area contributed by atoms with Crippen LogP contribution < -0.4 is 0 Å². The van der Waals surface area contributed by atoms with E-state index in [1.54, 1.807) is 6.92 Å². The van der Waals surface area contributed by atoms with Crippen molar-refractivity contribution in [3.63, 3.8) is 0 Å². The molecule has 2 atom stereocenters. The molecule has 0 radical (unpaired) electrons. The number of carboxylic acid groups (broad SMARTS) is 1. The van der Waals surface area contributed by atoms with Gasteiger partial charge in [-0.05, 0) is 12.0 Å². The van der Waals surface area contributed by atoms with Crippen molar-refractivity contribution in [2.45, 2.75) is 38.0 Å². The van der Waals surface area contributed by atoms with Gasteiger partial charge in [-0.15, -0.1) is 0 Å². The summed E-state index contributed by atoms with van der Waals surface area (Å²) in [6.45, 7) is 1.74. The number of hydrogen-bond acceptors (Lipinski definition) is 4. The number of carbonyl (C=O) groups is 2. The largest absolute Gasteiger partial charge is 0.479 e. The van der Waals surface area contributed by atoms with Gasteiger partial charge in [-0.1, -0.05) is 37.3 Å². The fraction of sp³-hybridized carbons (Fsp3) is 0.467. The van der Waals surface area contributed by atoms with E-state index in [1.807, 2.05) is 30.3 Å². The van der Waals surface area contributed by atoms with Crippen molar-refractivity contribution < 1.29 is 24.5 Å². The topological polar surface area (TPSA) is 87.1 Å². The lowest BCUT2D eigenvalue weighted by Crippen LogP contribution is -2.52. The lowest BCUT2D eigenvalue weighted by Gasteiger charge is -2.32. The van der Waals surface area contributed by atoms with Crippen LogP contribution >= 0.6 is 0 Å². The first kappa shape index (κ1) is 15.3. The van der Waals surface area contributed by atoms with Gasteiger partial charge in [0.05, 0.1) is 12.6 Å². The number of carbonyl (C=O) groups excluding carboxylic acids is 1. The number of ether oxygens (including phenoxy) is 1. The van der Waals surface area contributed by atoms with Crippen LogP contribution in [0.25, 0.3) is 0 Å². The minimum Gasteiger partial charge on any atom is -0.479 e. The summed E-state index contributed by atoms with van der Waals surface area (Å²) < 4.78 is 5.18. The van der Waals surface area contributed by atoms with Crippen molar-refractivity contribution in [1.82, 2.24) is 4.90 Å². The van der Waals surface area contributed by atoms with Gasteiger partial charge in [-0.25, -0.2) is 9.59 Å². The van der Waals surface area contributed by atoms with Crippen molar-refractivity contribution in [2.75, 3.05) is 6.54 Å². The molecule has 1 fully saturated rings. The van der Waals surface area contributed by atoms with Crippen molar-refractivity contribution in [1.29, 1.82) is 0 Å². The molecular formula is C15H19NO5. The second-order valence-corrected chi connectivity index (χ2v) is 5.20. The van der Waals surface area contributed by atoms with Gasteiger partial charge in [0.15, 0.2) is 0 Å². The highest BCUT2D eigenvalue weighted by Gasteiger charge is 2.52. The number of likely N-dealkylation sites (tertiary alicyclic amines) is 1. The number of aliphatic carboxylic acids is 1. The number of amides is 1. The standard InChI is InChI=1S/C15H19NO5/c1-2-15(13(18)19)8-12(17)9-16(15)14(20)21-10-11-6-4-3-5-7-11/h3-7,12,17H,2,8-10H2,1H3,(H,18,19)/t12-,15+/m1/s1. The summed E-state index contributed by atoms with van der Waals surface area (Å²) in [5.41, 5.74) is -0.560. The summed E-state index contributed by atoms with van der Waals surface area (Å²) >= 11 is 0. The van der Waals surface area contributed by atoms with E-state index in [1.165, 1.54) is 0 Å². The van der Waals surface area contributed by atoms with Crippen LogP contribution in [0.2, 0.25) is 0 Å². The van der Waals surface area contributed by atoms with Crippen LogP contribution in [0.4, 0.5) is 4.79 Å². The monoisotopic (exact) mass is 293 g/mol. The number of benzene rings is 1. The van der Waals surface area contributed by atoms with Crippen molar-refractivity contribution >= 4 is 12.1 Å². The Morgan fingerprint density at radius 1 is 1.38 bits per heavy atom. The van der Waals surface area contributed by atoms with Gasteiger partial charge >= 0.3 is 12.1 Å². The Labute approximate surface area is 122 Å². The summed E-state index contributed by atoms with van der Waals surface area (Å²) in [5.74, 6) is -1.11. The third-order valence-electron chi connectivity index (χ3n) is 3.89. The molecule has 1 saturated heterocycles. The summed E-state index contributed by atoms with van der Waals surface area (Å²) in [6.07, 6.45) is -1.30. The summed E-state index contributed by atoms with van der Waals surface area (Å²) in [5, 5.41) is 19.2. The molecule has 6 heteroatoms. The Kier molecular flexibility index (Phi) is 4.47. The SMILES string of the molecule is CC[C@@]1(C(=O)O)C[C@@H](O)CN1C(=O)OCc1ccccc1. The maximum absolute atomic E-state index is 12.2. The van der Waals surface area contributed by atoms with Gasteiger partial charge in [0.1, 0.15) is 12.1 Å². The van der Waals surface area contributed by atoms with E-state index < -0.39 is 23.7 Å². The number of hydrogen-bond donors (Lipinski definition) is 2. The molecule has 0 spiro atoms. The molecule has 6 nitrogen and oxygen atoms in total. The van der Waals surface area contributed by atoms with Crippen LogP contribution in [0.1, 0.15) is 25.3 Å². The molecule has 1 aliphatic heterocycles. The molecule has 0 unspecified atom stereocenters. The number of β-amino-alcohol motifs (C(OH)–C–C–N with tert-alkyl or cyclic N) is 1. The number of rotatable bonds is 4. The van der Waals surface area contributed by atoms with Crippen LogP contribution in [0.3, 0.4) is 0 Å². The highest BCUT2D eigenvalue weighted by Crippen LogP contribution is 2.33. The zero-order valence-electron chi connectivity index (χ0n) is 11.9. The molecule has 1 aromatic rings. The molecule has 1 heterocycles. The average molecular weight is 293 g/mol. The van der Waals surface area contributed by atoms with E-state index in [2.05, 4.69) is 0 Å². The van der Waals surface area contributed by atoms with Crippen molar-refractivity contribution in [2.24, 2.45) is 0 Å². The lowest BCUT2D eigenvalue weighted by atomic mass is 9.92. The zero-order valence-corrected chi connectivity index (χ0v) is 11.9. The lowest BCUT2D eigenvalue weighted by molar-refractivity contribution is -0.149. The molecule has 1 aromatic carbocycles. The van der Waals surface area contributed by atoms with Gasteiger partial charge in [0.25, 0.3) is 0 Å². The second-order valence-electron chi connectivity index (χ2n) is 5.20. The Morgan fingerprint density at radius 2 is 2.05 bits per heavy atom. The third kappa shape index (κ3) is 3.00. The van der Waals surface area contributed by atoms with Crippen LogP contribution in [0.15, 0.2) is 30.3 Å². The number of carboxylic acids is 1. The summed E-state index contributed by atoms with van der Waals surface area (Å²) in [7, 11) is 0. The first-order valence-electron chi connectivity index (χ1n) is 6.89. The van der Waals surface area contributed by atoms with Crippen LogP contribution in [-0.2, 0) is 16.1 Å². The maximum Gasteiger partial charge on any atom is 0.411 e. The molecule has 0 bridgehead atoms. The van der Waals surface area contributed by atoms with Gasteiger partial charge in [0.2, 0.25) is 0 Å². The van der Waals surface area contributed by atoms with Crippen LogP contribution in [0, 0.1) is 0 Å². The number of nitrogens with zero attached hydrogens (tertiary/aromatic N) is 1. The molecule has 0 aliphatic carbocycles. The van der Waals surface area contributed by atoms with Crippen molar-refractivity contribution in [3.05, 3.63) is 35.9 Å². The average Bonchev–Trinajstić information content (AvgIpc) is 2.84. The minimum absolute atomic E-state index is 0.0201. The fourth-order valence-corrected chi connectivity index (χ4v) is 2.69. The number of aliphatic hydroxyl groups is 1. The predicted octanol–water partition coefficient (Wildman–Crippen LogP) is 1.62. The van der Waals surface area contributed by atoms with E-state index in [9.17, 15) is 19.8 Å². The normalized spacial score (nSPS) is 24.9. The molecule has 21 heavy (non-hydrogen) atoms. The van der Waals surface area contributed by atoms with Gasteiger partial charge in [-0.3, -0.25) is 4.90 Å². The zero-order chi connectivity index (χ0) is 15.5. The molecule has 114 valence electrons. The van der Waals surface area contributed by atoms with Crippen molar-refractivity contribution in [3.8, 4) is 0 Å². The Morgan fingerprint density at radius 3 is 2.62 bits per heavy atom. The van der Waals surface area contributed by atoms with Gasteiger partial charge in [-0.2, -0.15) is 0 Å². The second kappa shape index (κ2) is 6.13. The molecule has 2 rings (SSSR count). The first-order chi connectivity index (χ1) is 9.99. The molecule has 0 aromatic heterocycles. The van der Waals surface area contributed by atoms with Gasteiger partial charge < -0.3 is 14.9 Å². The Bertz CT molecular complexity index is 518. The number of aliphatic hydroxyl groups excluding tert-OH is 1. The highest BCUT2D eigenvalue weighted by molar-refractivity contribution is 5.85. The molecular weight excluding hydrogens is 274 g/mol. The van der Waals surface area contributed by atoms with Gasteiger partial charge in [0, 0.05) is 6.42 Å². The molecule has 1 aliphatic rings. The smallest absolute Gasteiger partial charge is 0.411 e. The third-order valence-corrected chi connectivity index (χ3v) is 3.89. The van der Waals surface area contributed by atoms with Crippen LogP contribution in [0.5, 0.6) is 0 Å². The van der Waals surface area contributed by atoms with Crippen LogP contribution in [-0.4, -0.2) is 45.4 Å². The van der Waals surface area contributed by atoms with E-state index in [0.717, 1.165) is 10.5 Å². The predicted molar refractivity (Wildman–Crippen MR) is 74.6 cm³/mol. The summed E-state index contributed by atoms with van der Waals surface area (Å²) in [4.78, 5) is 24.8. The van der Waals surface area contributed by atoms with E-state index >= 15 is 0 Å². The van der Waals surface area contributed by atoms with E-state index in [4.69, 9.17) is 4.74 Å². The molecule has 1 amide bonds.